The quantitative estimate of drug-likeness (QED) is 0.729. The number of fused-ring (bicyclic) bond motifs is 1. The van der Waals surface area contributed by atoms with E-state index in [1.807, 2.05) is 48.5 Å². The number of morpholine rings is 1. The van der Waals surface area contributed by atoms with Crippen molar-refractivity contribution in [1.82, 2.24) is 5.32 Å². The number of quaternary nitrogens is 1. The van der Waals surface area contributed by atoms with E-state index in [0.29, 0.717) is 12.3 Å². The minimum atomic E-state index is -0.137. The molecule has 2 heterocycles. The molecule has 1 saturated heterocycles. The molecular weight excluding hydrogens is 360 g/mol. The predicted molar refractivity (Wildman–Crippen MR) is 102 cm³/mol. The number of para-hydroxylation sites is 1. The Morgan fingerprint density at radius 3 is 2.68 bits per heavy atom. The first-order valence-electron chi connectivity index (χ1n) is 9.56. The Labute approximate surface area is 164 Å². The van der Waals surface area contributed by atoms with E-state index in [4.69, 9.17) is 18.9 Å². The van der Waals surface area contributed by atoms with E-state index in [1.54, 1.807) is 0 Å². The molecule has 0 unspecified atom stereocenters. The monoisotopic (exact) mass is 385 g/mol. The summed E-state index contributed by atoms with van der Waals surface area (Å²) in [6, 6.07) is 15.4. The number of ether oxygens (including phenoxy) is 4. The number of hydrogen-bond acceptors (Lipinski definition) is 5. The first kappa shape index (κ1) is 18.6. The van der Waals surface area contributed by atoms with E-state index >= 15 is 0 Å². The average Bonchev–Trinajstić information content (AvgIpc) is 3.22. The van der Waals surface area contributed by atoms with Crippen molar-refractivity contribution in [2.24, 2.45) is 0 Å². The van der Waals surface area contributed by atoms with Gasteiger partial charge in [0.1, 0.15) is 24.9 Å². The summed E-state index contributed by atoms with van der Waals surface area (Å²) in [5, 5.41) is 3.02. The van der Waals surface area contributed by atoms with Gasteiger partial charge in [0.25, 0.3) is 5.91 Å². The lowest BCUT2D eigenvalue weighted by atomic mass is 10.0. The molecule has 1 fully saturated rings. The van der Waals surface area contributed by atoms with E-state index in [9.17, 15) is 4.79 Å². The molecule has 148 valence electrons. The Balaban J connectivity index is 1.40. The van der Waals surface area contributed by atoms with Crippen LogP contribution in [0, 0.1) is 0 Å². The molecule has 2 N–H and O–H groups in total. The highest BCUT2D eigenvalue weighted by atomic mass is 16.7. The fraction of sp³-hybridized carbons (Fsp3) is 0.381. The SMILES string of the molecule is O=C(COc1ccccc1)NC[C@@H](c1ccc2c(c1)OCO2)[NH+]1CCOCC1. The van der Waals surface area contributed by atoms with Crippen LogP contribution in [0.5, 0.6) is 17.2 Å². The van der Waals surface area contributed by atoms with Gasteiger partial charge in [0.2, 0.25) is 6.79 Å². The van der Waals surface area contributed by atoms with Crippen LogP contribution in [-0.4, -0.2) is 52.2 Å². The Kier molecular flexibility index (Phi) is 5.94. The fourth-order valence-corrected chi connectivity index (χ4v) is 3.54. The van der Waals surface area contributed by atoms with Crippen molar-refractivity contribution in [3.63, 3.8) is 0 Å². The molecule has 0 aliphatic carbocycles. The largest absolute Gasteiger partial charge is 0.484 e. The third-order valence-electron chi connectivity index (χ3n) is 5.04. The topological polar surface area (TPSA) is 70.5 Å². The van der Waals surface area contributed by atoms with Crippen molar-refractivity contribution >= 4 is 5.91 Å². The van der Waals surface area contributed by atoms with Crippen LogP contribution in [0.25, 0.3) is 0 Å². The number of carbonyl (C=O) groups excluding carboxylic acids is 1. The highest BCUT2D eigenvalue weighted by Crippen LogP contribution is 2.33. The lowest BCUT2D eigenvalue weighted by Gasteiger charge is -2.32. The number of benzene rings is 2. The van der Waals surface area contributed by atoms with Gasteiger partial charge in [-0.25, -0.2) is 0 Å². The zero-order chi connectivity index (χ0) is 19.2. The second-order valence-corrected chi connectivity index (χ2v) is 6.84. The summed E-state index contributed by atoms with van der Waals surface area (Å²) in [4.78, 5) is 13.7. The molecule has 7 nitrogen and oxygen atoms in total. The summed E-state index contributed by atoms with van der Waals surface area (Å²) in [5.41, 5.74) is 1.12. The van der Waals surface area contributed by atoms with Crippen LogP contribution in [-0.2, 0) is 9.53 Å². The molecule has 0 saturated carbocycles. The van der Waals surface area contributed by atoms with E-state index < -0.39 is 0 Å². The minimum absolute atomic E-state index is 0.00365. The second kappa shape index (κ2) is 8.95. The molecule has 2 aromatic rings. The van der Waals surface area contributed by atoms with Crippen LogP contribution in [0.3, 0.4) is 0 Å². The number of amides is 1. The van der Waals surface area contributed by atoms with E-state index in [0.717, 1.165) is 43.4 Å². The van der Waals surface area contributed by atoms with Crippen LogP contribution in [0.4, 0.5) is 0 Å². The lowest BCUT2D eigenvalue weighted by Crippen LogP contribution is -3.15. The highest BCUT2D eigenvalue weighted by Gasteiger charge is 2.28. The molecule has 0 aromatic heterocycles. The van der Waals surface area contributed by atoms with Crippen molar-refractivity contribution in [3.05, 3.63) is 54.1 Å². The van der Waals surface area contributed by atoms with Crippen LogP contribution in [0.15, 0.2) is 48.5 Å². The zero-order valence-electron chi connectivity index (χ0n) is 15.7. The number of carbonyl (C=O) groups is 1. The van der Waals surface area contributed by atoms with Gasteiger partial charge in [0.05, 0.1) is 19.8 Å². The molecule has 4 rings (SSSR count). The van der Waals surface area contributed by atoms with Crippen LogP contribution >= 0.6 is 0 Å². The van der Waals surface area contributed by atoms with Crippen molar-refractivity contribution in [2.75, 3.05) is 46.2 Å². The van der Waals surface area contributed by atoms with Gasteiger partial charge in [-0.1, -0.05) is 18.2 Å². The predicted octanol–water partition coefficient (Wildman–Crippen LogP) is 0.567. The number of nitrogens with one attached hydrogen (secondary N) is 2. The first-order valence-corrected chi connectivity index (χ1v) is 9.56. The van der Waals surface area contributed by atoms with Crippen LogP contribution in [0.2, 0.25) is 0 Å². The Hall–Kier alpha value is -2.77. The van der Waals surface area contributed by atoms with Gasteiger partial charge in [-0.05, 0) is 30.3 Å². The lowest BCUT2D eigenvalue weighted by molar-refractivity contribution is -0.937. The molecule has 2 aliphatic rings. The zero-order valence-corrected chi connectivity index (χ0v) is 15.7. The van der Waals surface area contributed by atoms with Crippen molar-refractivity contribution in [2.45, 2.75) is 6.04 Å². The summed E-state index contributed by atoms with van der Waals surface area (Å²) in [6.07, 6.45) is 0. The average molecular weight is 385 g/mol. The van der Waals surface area contributed by atoms with Gasteiger partial charge in [0, 0.05) is 5.56 Å². The molecular formula is C21H25N2O5+. The minimum Gasteiger partial charge on any atom is -0.484 e. The summed E-state index contributed by atoms with van der Waals surface area (Å²) in [7, 11) is 0. The third-order valence-corrected chi connectivity index (χ3v) is 5.04. The van der Waals surface area contributed by atoms with E-state index in [-0.39, 0.29) is 25.3 Å². The molecule has 1 amide bonds. The van der Waals surface area contributed by atoms with Gasteiger partial charge >= 0.3 is 0 Å². The number of hydrogen-bond donors (Lipinski definition) is 2. The summed E-state index contributed by atoms with van der Waals surface area (Å²) in [5.74, 6) is 2.07. The summed E-state index contributed by atoms with van der Waals surface area (Å²) >= 11 is 0. The van der Waals surface area contributed by atoms with Crippen molar-refractivity contribution < 1.29 is 28.6 Å². The molecule has 0 bridgehead atoms. The second-order valence-electron chi connectivity index (χ2n) is 6.84. The standard InChI is InChI=1S/C21H24N2O5/c24-21(14-26-17-4-2-1-3-5-17)22-13-18(23-8-10-25-11-9-23)16-6-7-19-20(12-16)28-15-27-19/h1-7,12,18H,8-11,13-15H2,(H,22,24)/p+1/t18-/m0/s1. The summed E-state index contributed by atoms with van der Waals surface area (Å²) < 4.78 is 22.0. The molecule has 0 radical (unpaired) electrons. The fourth-order valence-electron chi connectivity index (χ4n) is 3.54. The molecule has 28 heavy (non-hydrogen) atoms. The maximum Gasteiger partial charge on any atom is 0.258 e. The molecule has 1 atom stereocenters. The van der Waals surface area contributed by atoms with Crippen molar-refractivity contribution in [1.29, 1.82) is 0 Å². The maximum atomic E-state index is 12.3. The first-order chi connectivity index (χ1) is 13.8. The normalized spacial score (nSPS) is 17.1. The smallest absolute Gasteiger partial charge is 0.258 e. The van der Waals surface area contributed by atoms with Gasteiger partial charge in [-0.2, -0.15) is 0 Å². The number of rotatable bonds is 7. The Morgan fingerprint density at radius 2 is 1.86 bits per heavy atom. The van der Waals surface area contributed by atoms with Gasteiger partial charge in [-0.15, -0.1) is 0 Å². The molecule has 2 aromatic carbocycles. The molecule has 7 heteroatoms. The van der Waals surface area contributed by atoms with E-state index in [2.05, 4.69) is 5.32 Å². The Morgan fingerprint density at radius 1 is 1.07 bits per heavy atom. The molecule has 0 spiro atoms. The van der Waals surface area contributed by atoms with Crippen LogP contribution in [0.1, 0.15) is 11.6 Å². The van der Waals surface area contributed by atoms with Gasteiger partial charge < -0.3 is 29.2 Å². The van der Waals surface area contributed by atoms with Gasteiger partial charge in [0.15, 0.2) is 18.1 Å². The third kappa shape index (κ3) is 4.55. The van der Waals surface area contributed by atoms with Gasteiger partial charge in [-0.3, -0.25) is 4.79 Å². The molecule has 2 aliphatic heterocycles. The highest BCUT2D eigenvalue weighted by molar-refractivity contribution is 5.77. The Bertz CT molecular complexity index is 793. The summed E-state index contributed by atoms with van der Waals surface area (Å²) in [6.45, 7) is 4.01. The van der Waals surface area contributed by atoms with Crippen LogP contribution < -0.4 is 24.4 Å². The van der Waals surface area contributed by atoms with E-state index in [1.165, 1.54) is 4.90 Å². The van der Waals surface area contributed by atoms with Crippen molar-refractivity contribution in [3.8, 4) is 17.2 Å². The maximum absolute atomic E-state index is 12.3.